The largest absolute Gasteiger partial charge is 0.490 e. The van der Waals surface area contributed by atoms with Gasteiger partial charge in [-0.1, -0.05) is 24.3 Å². The summed E-state index contributed by atoms with van der Waals surface area (Å²) in [5, 5.41) is 8.20. The quantitative estimate of drug-likeness (QED) is 0.441. The fraction of sp³-hybridized carbons (Fsp3) is 0.444. The molecule has 38 heavy (non-hydrogen) atoms. The minimum absolute atomic E-state index is 0.0827. The number of nitrogens with one attached hydrogen (secondary N) is 1. The third-order valence-electron chi connectivity index (χ3n) is 7.09. The van der Waals surface area contributed by atoms with E-state index in [2.05, 4.69) is 9.97 Å². The molecule has 2 aliphatic rings. The molecule has 0 saturated carbocycles. The number of carbonyl (C=O) groups is 2. The van der Waals surface area contributed by atoms with Crippen molar-refractivity contribution in [1.82, 2.24) is 14.9 Å². The van der Waals surface area contributed by atoms with Crippen LogP contribution in [0.1, 0.15) is 41.9 Å². The van der Waals surface area contributed by atoms with Gasteiger partial charge in [-0.15, -0.1) is 0 Å². The highest BCUT2D eigenvalue weighted by atomic mass is 19.4. The Balaban J connectivity index is 0.000000426. The molecule has 2 aliphatic heterocycles. The first-order chi connectivity index (χ1) is 18.2. The van der Waals surface area contributed by atoms with Gasteiger partial charge in [-0.3, -0.25) is 9.78 Å². The predicted molar refractivity (Wildman–Crippen MR) is 132 cm³/mol. The number of aliphatic carboxylic acids is 1. The van der Waals surface area contributed by atoms with Crippen molar-refractivity contribution >= 4 is 22.8 Å². The van der Waals surface area contributed by atoms with E-state index < -0.39 is 12.1 Å². The lowest BCUT2D eigenvalue weighted by Gasteiger charge is -2.42. The number of pyridine rings is 1. The van der Waals surface area contributed by atoms with E-state index in [1.807, 2.05) is 53.4 Å². The Morgan fingerprint density at radius 2 is 1.87 bits per heavy atom. The number of H-pyrrole nitrogens is 1. The van der Waals surface area contributed by atoms with Crippen LogP contribution in [0.4, 0.5) is 13.2 Å². The van der Waals surface area contributed by atoms with Crippen molar-refractivity contribution in [3.8, 4) is 0 Å². The number of alkyl halides is 3. The molecular weight excluding hydrogens is 503 g/mol. The number of benzene rings is 1. The second kappa shape index (κ2) is 12.0. The van der Waals surface area contributed by atoms with Gasteiger partial charge in [-0.25, -0.2) is 4.79 Å². The maximum absolute atomic E-state index is 13.0. The SMILES string of the molecule is O=C(O)C(F)(F)F.O=C(c1cc2ccccc2[nH]1)N1CCC2(CC1)OCCC2CCOCc1ccccn1. The molecule has 2 saturated heterocycles. The molecule has 204 valence electrons. The molecule has 1 atom stereocenters. The number of piperidine rings is 1. The average Bonchev–Trinajstić information content (AvgIpc) is 3.51. The van der Waals surface area contributed by atoms with Gasteiger partial charge in [0.15, 0.2) is 0 Å². The summed E-state index contributed by atoms with van der Waals surface area (Å²) < 4.78 is 43.9. The van der Waals surface area contributed by atoms with E-state index >= 15 is 0 Å². The Bertz CT molecular complexity index is 1190. The maximum Gasteiger partial charge on any atom is 0.490 e. The zero-order chi connectivity index (χ0) is 27.2. The van der Waals surface area contributed by atoms with Crippen LogP contribution >= 0.6 is 0 Å². The summed E-state index contributed by atoms with van der Waals surface area (Å²) in [5.41, 5.74) is 2.53. The molecule has 11 heteroatoms. The normalized spacial score (nSPS) is 18.8. The van der Waals surface area contributed by atoms with E-state index in [0.29, 0.717) is 24.8 Å². The molecular formula is C27H30F3N3O5. The molecule has 2 aromatic heterocycles. The number of para-hydroxylation sites is 1. The topological polar surface area (TPSA) is 105 Å². The first-order valence-electron chi connectivity index (χ1n) is 12.5. The summed E-state index contributed by atoms with van der Waals surface area (Å²) in [7, 11) is 0. The Morgan fingerprint density at radius 1 is 1.16 bits per heavy atom. The van der Waals surface area contributed by atoms with Crippen molar-refractivity contribution < 1.29 is 37.3 Å². The van der Waals surface area contributed by atoms with Crippen molar-refractivity contribution in [3.05, 3.63) is 66.1 Å². The predicted octanol–water partition coefficient (Wildman–Crippen LogP) is 4.81. The first kappa shape index (κ1) is 27.6. The fourth-order valence-corrected chi connectivity index (χ4v) is 5.08. The first-order valence-corrected chi connectivity index (χ1v) is 12.5. The number of halogens is 3. The number of carbonyl (C=O) groups excluding carboxylic acids is 1. The van der Waals surface area contributed by atoms with Crippen LogP contribution in [0.25, 0.3) is 10.9 Å². The summed E-state index contributed by atoms with van der Waals surface area (Å²) in [5.74, 6) is -2.19. The minimum atomic E-state index is -5.08. The molecule has 1 aromatic carbocycles. The zero-order valence-corrected chi connectivity index (χ0v) is 20.7. The van der Waals surface area contributed by atoms with Crippen LogP contribution in [0.5, 0.6) is 0 Å². The highest BCUT2D eigenvalue weighted by Gasteiger charge is 2.46. The third kappa shape index (κ3) is 6.70. The molecule has 5 rings (SSSR count). The van der Waals surface area contributed by atoms with Crippen LogP contribution in [0, 0.1) is 5.92 Å². The Hall–Kier alpha value is -3.44. The van der Waals surface area contributed by atoms with E-state index in [1.165, 1.54) is 0 Å². The van der Waals surface area contributed by atoms with Gasteiger partial charge in [0.25, 0.3) is 5.91 Å². The summed E-state index contributed by atoms with van der Waals surface area (Å²) in [6.45, 7) is 3.54. The number of rotatable bonds is 6. The molecule has 2 fully saturated rings. The van der Waals surface area contributed by atoms with E-state index in [1.54, 1.807) is 6.20 Å². The number of hydrogen-bond acceptors (Lipinski definition) is 5. The lowest BCUT2D eigenvalue weighted by molar-refractivity contribution is -0.192. The smallest absolute Gasteiger partial charge is 0.475 e. The molecule has 2 N–H and O–H groups in total. The Labute approximate surface area is 217 Å². The number of aromatic nitrogens is 2. The van der Waals surface area contributed by atoms with Crippen molar-refractivity contribution in [3.63, 3.8) is 0 Å². The molecule has 0 aliphatic carbocycles. The van der Waals surface area contributed by atoms with Gasteiger partial charge in [-0.2, -0.15) is 13.2 Å². The molecule has 0 bridgehead atoms. The standard InChI is InChI=1S/C25H29N3O3.C2HF3O2/c29-24(23-17-19-5-1-2-7-22(19)27-23)28-13-10-25(11-14-28)20(9-16-31-25)8-15-30-18-21-6-3-4-12-26-21;3-2(4,5)1(6)7/h1-7,12,17,20,27H,8-11,13-16,18H2;(H,6,7). The number of aromatic amines is 1. The summed E-state index contributed by atoms with van der Waals surface area (Å²) in [6, 6.07) is 15.8. The number of carboxylic acids is 1. The molecule has 3 aromatic rings. The molecule has 4 heterocycles. The van der Waals surface area contributed by atoms with Gasteiger partial charge in [0.2, 0.25) is 0 Å². The van der Waals surface area contributed by atoms with E-state index in [9.17, 15) is 18.0 Å². The van der Waals surface area contributed by atoms with Crippen molar-refractivity contribution in [1.29, 1.82) is 0 Å². The highest BCUT2D eigenvalue weighted by molar-refractivity contribution is 5.98. The van der Waals surface area contributed by atoms with E-state index in [-0.39, 0.29) is 11.5 Å². The second-order valence-corrected chi connectivity index (χ2v) is 9.43. The van der Waals surface area contributed by atoms with E-state index in [0.717, 1.165) is 62.0 Å². The molecule has 0 radical (unpaired) electrons. The second-order valence-electron chi connectivity index (χ2n) is 9.43. The fourth-order valence-electron chi connectivity index (χ4n) is 5.08. The molecule has 1 amide bonds. The molecule has 1 spiro atoms. The van der Waals surface area contributed by atoms with Gasteiger partial charge in [0.1, 0.15) is 5.69 Å². The van der Waals surface area contributed by atoms with Gasteiger partial charge in [0, 0.05) is 43.4 Å². The van der Waals surface area contributed by atoms with Gasteiger partial charge in [0.05, 0.1) is 17.9 Å². The van der Waals surface area contributed by atoms with Gasteiger partial charge in [-0.05, 0) is 55.9 Å². The number of fused-ring (bicyclic) bond motifs is 1. The van der Waals surface area contributed by atoms with Crippen LogP contribution in [-0.4, -0.2) is 69.9 Å². The third-order valence-corrected chi connectivity index (χ3v) is 7.09. The number of carboxylic acid groups (broad SMARTS) is 1. The lowest BCUT2D eigenvalue weighted by atomic mass is 9.78. The number of nitrogens with zero attached hydrogens (tertiary/aromatic N) is 2. The Morgan fingerprint density at radius 3 is 2.53 bits per heavy atom. The van der Waals surface area contributed by atoms with Crippen LogP contribution in [0.2, 0.25) is 0 Å². The van der Waals surface area contributed by atoms with Crippen LogP contribution in [0.15, 0.2) is 54.7 Å². The highest BCUT2D eigenvalue weighted by Crippen LogP contribution is 2.42. The number of hydrogen-bond donors (Lipinski definition) is 2. The lowest BCUT2D eigenvalue weighted by Crippen LogP contribution is -2.49. The summed E-state index contributed by atoms with van der Waals surface area (Å²) >= 11 is 0. The maximum atomic E-state index is 13.0. The number of ether oxygens (including phenoxy) is 2. The van der Waals surface area contributed by atoms with Crippen molar-refractivity contribution in [2.75, 3.05) is 26.3 Å². The Kier molecular flexibility index (Phi) is 8.68. The average molecular weight is 534 g/mol. The molecule has 1 unspecified atom stereocenters. The minimum Gasteiger partial charge on any atom is -0.475 e. The number of amides is 1. The summed E-state index contributed by atoms with van der Waals surface area (Å²) in [4.78, 5) is 31.5. The monoisotopic (exact) mass is 533 g/mol. The van der Waals surface area contributed by atoms with Crippen molar-refractivity contribution in [2.45, 2.75) is 44.1 Å². The van der Waals surface area contributed by atoms with Gasteiger partial charge >= 0.3 is 12.1 Å². The van der Waals surface area contributed by atoms with Gasteiger partial charge < -0.3 is 24.5 Å². The van der Waals surface area contributed by atoms with Crippen molar-refractivity contribution in [2.24, 2.45) is 5.92 Å². The molecule has 8 nitrogen and oxygen atoms in total. The zero-order valence-electron chi connectivity index (χ0n) is 20.7. The van der Waals surface area contributed by atoms with Crippen LogP contribution < -0.4 is 0 Å². The van der Waals surface area contributed by atoms with Crippen LogP contribution in [-0.2, 0) is 20.9 Å². The number of likely N-dealkylation sites (tertiary alicyclic amines) is 1. The summed E-state index contributed by atoms with van der Waals surface area (Å²) in [6.07, 6.45) is 0.558. The van der Waals surface area contributed by atoms with E-state index in [4.69, 9.17) is 19.4 Å². The van der Waals surface area contributed by atoms with Crippen LogP contribution in [0.3, 0.4) is 0 Å².